The van der Waals surface area contributed by atoms with E-state index < -0.39 is 10.0 Å². The Morgan fingerprint density at radius 1 is 1.06 bits per heavy atom. The van der Waals surface area contributed by atoms with E-state index in [-0.39, 0.29) is 42.5 Å². The number of hydrogen-bond donors (Lipinski definition) is 0. The lowest BCUT2D eigenvalue weighted by molar-refractivity contribution is 0.0702. The number of amides is 1. The number of hydrogen-bond acceptors (Lipinski definition) is 6. The molecule has 2 aromatic carbocycles. The highest BCUT2D eigenvalue weighted by Gasteiger charge is 2.32. The van der Waals surface area contributed by atoms with Gasteiger partial charge in [0.25, 0.3) is 5.91 Å². The van der Waals surface area contributed by atoms with Crippen molar-refractivity contribution in [3.05, 3.63) is 70.2 Å². The van der Waals surface area contributed by atoms with E-state index in [1.54, 1.807) is 23.1 Å². The van der Waals surface area contributed by atoms with E-state index in [4.69, 9.17) is 11.6 Å². The van der Waals surface area contributed by atoms with Crippen molar-refractivity contribution >= 4 is 38.9 Å². The molecule has 1 aliphatic rings. The first-order chi connectivity index (χ1) is 14.9. The molecule has 0 spiro atoms. The average molecular weight is 473 g/mol. The molecule has 0 bridgehead atoms. The SMILES string of the molecule is N#Cc1ccccc1S(=O)(=O)N1CCN(C(=O)c2cnc(-c3ccccc3Cl)s2)CC1. The second kappa shape index (κ2) is 8.77. The largest absolute Gasteiger partial charge is 0.335 e. The number of nitrogens with zero attached hydrogens (tertiary/aromatic N) is 4. The number of carbonyl (C=O) groups excluding carboxylic acids is 1. The van der Waals surface area contributed by atoms with Crippen molar-refractivity contribution < 1.29 is 13.2 Å². The summed E-state index contributed by atoms with van der Waals surface area (Å²) < 4.78 is 27.2. The Bertz CT molecular complexity index is 1280. The van der Waals surface area contributed by atoms with Crippen molar-refractivity contribution in [1.29, 1.82) is 5.26 Å². The molecule has 1 saturated heterocycles. The molecule has 0 unspecified atom stereocenters. The highest BCUT2D eigenvalue weighted by atomic mass is 35.5. The molecule has 1 amide bonds. The lowest BCUT2D eigenvalue weighted by Gasteiger charge is -2.33. The van der Waals surface area contributed by atoms with E-state index in [0.29, 0.717) is 14.9 Å². The first kappa shape index (κ1) is 21.5. The van der Waals surface area contributed by atoms with Crippen LogP contribution >= 0.6 is 22.9 Å². The van der Waals surface area contributed by atoms with Crippen LogP contribution in [0.4, 0.5) is 0 Å². The lowest BCUT2D eigenvalue weighted by Crippen LogP contribution is -2.50. The molecule has 7 nitrogen and oxygen atoms in total. The first-order valence-electron chi connectivity index (χ1n) is 9.41. The molecule has 1 aromatic heterocycles. The Morgan fingerprint density at radius 3 is 2.45 bits per heavy atom. The fraction of sp³-hybridized carbons (Fsp3) is 0.190. The maximum absolute atomic E-state index is 13.0. The van der Waals surface area contributed by atoms with Crippen LogP contribution in [0.2, 0.25) is 5.02 Å². The normalized spacial score (nSPS) is 14.9. The summed E-state index contributed by atoms with van der Waals surface area (Å²) in [5, 5.41) is 10.4. The van der Waals surface area contributed by atoms with Gasteiger partial charge in [0.15, 0.2) is 0 Å². The number of thiazole rings is 1. The van der Waals surface area contributed by atoms with Crippen LogP contribution in [0.25, 0.3) is 10.6 Å². The topological polar surface area (TPSA) is 94.4 Å². The number of carbonyl (C=O) groups is 1. The molecule has 1 aliphatic heterocycles. The molecule has 1 fully saturated rings. The Hall–Kier alpha value is -2.77. The zero-order chi connectivity index (χ0) is 22.0. The van der Waals surface area contributed by atoms with Gasteiger partial charge in [-0.05, 0) is 18.2 Å². The van der Waals surface area contributed by atoms with Gasteiger partial charge < -0.3 is 4.90 Å². The third kappa shape index (κ3) is 4.20. The van der Waals surface area contributed by atoms with Gasteiger partial charge in [-0.15, -0.1) is 11.3 Å². The third-order valence-electron chi connectivity index (χ3n) is 4.97. The van der Waals surface area contributed by atoms with Gasteiger partial charge in [-0.1, -0.05) is 41.9 Å². The summed E-state index contributed by atoms with van der Waals surface area (Å²) in [5.74, 6) is -0.190. The van der Waals surface area contributed by atoms with Crippen LogP contribution in [0.3, 0.4) is 0 Å². The number of aromatic nitrogens is 1. The molecular weight excluding hydrogens is 456 g/mol. The molecular formula is C21H17ClN4O3S2. The summed E-state index contributed by atoms with van der Waals surface area (Å²) in [6.45, 7) is 0.826. The molecule has 0 radical (unpaired) electrons. The minimum absolute atomic E-state index is 0.0101. The van der Waals surface area contributed by atoms with E-state index in [9.17, 15) is 18.5 Å². The van der Waals surface area contributed by atoms with E-state index in [2.05, 4.69) is 4.98 Å². The van der Waals surface area contributed by atoms with Crippen LogP contribution in [0.5, 0.6) is 0 Å². The van der Waals surface area contributed by atoms with Crippen LogP contribution in [0.15, 0.2) is 59.6 Å². The summed E-state index contributed by atoms with van der Waals surface area (Å²) in [5.41, 5.74) is 0.873. The fourth-order valence-corrected chi connectivity index (χ4v) is 6.11. The summed E-state index contributed by atoms with van der Waals surface area (Å²) in [4.78, 5) is 19.3. The summed E-state index contributed by atoms with van der Waals surface area (Å²) in [7, 11) is -3.81. The highest BCUT2D eigenvalue weighted by molar-refractivity contribution is 7.89. The van der Waals surface area contributed by atoms with E-state index in [0.717, 1.165) is 5.56 Å². The molecule has 158 valence electrons. The average Bonchev–Trinajstić information content (AvgIpc) is 3.29. The highest BCUT2D eigenvalue weighted by Crippen LogP contribution is 2.31. The van der Waals surface area contributed by atoms with Gasteiger partial charge in [0.1, 0.15) is 16.0 Å². The number of rotatable bonds is 4. The van der Waals surface area contributed by atoms with Crippen LogP contribution in [0.1, 0.15) is 15.2 Å². The molecule has 3 aromatic rings. The Kier molecular flexibility index (Phi) is 6.07. The first-order valence-corrected chi connectivity index (χ1v) is 12.0. The molecule has 0 saturated carbocycles. The molecule has 0 aliphatic carbocycles. The predicted octanol–water partition coefficient (Wildman–Crippen LogP) is 3.48. The van der Waals surface area contributed by atoms with Crippen molar-refractivity contribution in [2.75, 3.05) is 26.2 Å². The fourth-order valence-electron chi connectivity index (χ4n) is 3.34. The van der Waals surface area contributed by atoms with Gasteiger partial charge in [-0.25, -0.2) is 13.4 Å². The van der Waals surface area contributed by atoms with Gasteiger partial charge in [-0.2, -0.15) is 9.57 Å². The van der Waals surface area contributed by atoms with Crippen molar-refractivity contribution in [1.82, 2.24) is 14.2 Å². The van der Waals surface area contributed by atoms with Crippen LogP contribution < -0.4 is 0 Å². The van der Waals surface area contributed by atoms with Gasteiger partial charge in [-0.3, -0.25) is 4.79 Å². The zero-order valence-electron chi connectivity index (χ0n) is 16.2. The van der Waals surface area contributed by atoms with E-state index >= 15 is 0 Å². The van der Waals surface area contributed by atoms with Crippen molar-refractivity contribution in [2.45, 2.75) is 4.90 Å². The van der Waals surface area contributed by atoms with Crippen LogP contribution in [-0.2, 0) is 10.0 Å². The standard InChI is InChI=1S/C21H17ClN4O3S2/c22-17-7-3-2-6-16(17)20-24-14-18(30-20)21(27)25-9-11-26(12-10-25)31(28,29)19-8-4-1-5-15(19)13-23/h1-8,14H,9-12H2. The number of halogens is 1. The quantitative estimate of drug-likeness (QED) is 0.579. The molecule has 31 heavy (non-hydrogen) atoms. The van der Waals surface area contributed by atoms with Crippen LogP contribution in [-0.4, -0.2) is 54.7 Å². The molecule has 0 N–H and O–H groups in total. The molecule has 10 heteroatoms. The molecule has 2 heterocycles. The number of nitriles is 1. The zero-order valence-corrected chi connectivity index (χ0v) is 18.6. The minimum Gasteiger partial charge on any atom is -0.335 e. The molecule has 4 rings (SSSR count). The van der Waals surface area contributed by atoms with E-state index in [1.165, 1.54) is 34.0 Å². The van der Waals surface area contributed by atoms with Crippen molar-refractivity contribution in [3.63, 3.8) is 0 Å². The monoisotopic (exact) mass is 472 g/mol. The second-order valence-corrected chi connectivity index (χ2v) is 10.2. The summed E-state index contributed by atoms with van der Waals surface area (Å²) >= 11 is 7.47. The smallest absolute Gasteiger partial charge is 0.265 e. The molecule has 0 atom stereocenters. The number of piperazine rings is 1. The predicted molar refractivity (Wildman–Crippen MR) is 118 cm³/mol. The maximum atomic E-state index is 13.0. The number of benzene rings is 2. The van der Waals surface area contributed by atoms with Gasteiger partial charge in [0.05, 0.1) is 21.7 Å². The van der Waals surface area contributed by atoms with Gasteiger partial charge in [0.2, 0.25) is 10.0 Å². The van der Waals surface area contributed by atoms with Crippen molar-refractivity contribution in [2.24, 2.45) is 0 Å². The van der Waals surface area contributed by atoms with Crippen molar-refractivity contribution in [3.8, 4) is 16.6 Å². The number of sulfonamides is 1. The second-order valence-electron chi connectivity index (χ2n) is 6.81. The Labute approximate surface area is 189 Å². The Balaban J connectivity index is 1.46. The van der Waals surface area contributed by atoms with E-state index in [1.807, 2.05) is 24.3 Å². The van der Waals surface area contributed by atoms with Gasteiger partial charge in [0, 0.05) is 31.7 Å². The lowest BCUT2D eigenvalue weighted by atomic mass is 10.2. The Morgan fingerprint density at radius 2 is 1.74 bits per heavy atom. The summed E-state index contributed by atoms with van der Waals surface area (Å²) in [6.07, 6.45) is 1.53. The summed E-state index contributed by atoms with van der Waals surface area (Å²) in [6, 6.07) is 15.3. The minimum atomic E-state index is -3.81. The maximum Gasteiger partial charge on any atom is 0.265 e. The third-order valence-corrected chi connectivity index (χ3v) is 8.28. The van der Waals surface area contributed by atoms with Gasteiger partial charge >= 0.3 is 0 Å². The van der Waals surface area contributed by atoms with Crippen LogP contribution in [0, 0.1) is 11.3 Å².